The third-order valence-corrected chi connectivity index (χ3v) is 5.40. The number of halogens is 3. The Labute approximate surface area is 191 Å². The first-order chi connectivity index (χ1) is 15.8. The number of nitrogens with one attached hydrogen (secondary N) is 2. The van der Waals surface area contributed by atoms with E-state index in [9.17, 15) is 18.0 Å². The van der Waals surface area contributed by atoms with Crippen molar-refractivity contribution < 1.29 is 22.7 Å². The van der Waals surface area contributed by atoms with Crippen molar-refractivity contribution in [3.05, 3.63) is 60.4 Å². The lowest BCUT2D eigenvalue weighted by atomic mass is 10.2. The van der Waals surface area contributed by atoms with Crippen molar-refractivity contribution in [3.8, 4) is 5.75 Å². The lowest BCUT2D eigenvalue weighted by Gasteiger charge is -2.38. The largest absolute Gasteiger partial charge is 0.487 e. The Morgan fingerprint density at radius 1 is 1.15 bits per heavy atom. The first-order valence-corrected chi connectivity index (χ1v) is 10.7. The fraction of sp³-hybridized carbons (Fsp3) is 0.238. The van der Waals surface area contributed by atoms with E-state index in [1.807, 2.05) is 4.90 Å². The van der Waals surface area contributed by atoms with Gasteiger partial charge in [-0.1, -0.05) is 6.07 Å². The maximum absolute atomic E-state index is 12.4. The van der Waals surface area contributed by atoms with Crippen molar-refractivity contribution in [2.75, 3.05) is 30.4 Å². The summed E-state index contributed by atoms with van der Waals surface area (Å²) in [5, 5.41) is 5.63. The number of rotatable bonds is 7. The zero-order chi connectivity index (χ0) is 23.4. The first-order valence-electron chi connectivity index (χ1n) is 9.85. The lowest BCUT2D eigenvalue weighted by Crippen LogP contribution is -2.54. The number of aromatic nitrogens is 3. The molecule has 3 aromatic rings. The summed E-state index contributed by atoms with van der Waals surface area (Å²) in [6.45, 7) is 1.04. The first kappa shape index (κ1) is 22.6. The number of hydrogen-bond donors (Lipinski definition) is 2. The fourth-order valence-electron chi connectivity index (χ4n) is 3.10. The van der Waals surface area contributed by atoms with Crippen LogP contribution in [0.25, 0.3) is 0 Å². The second-order valence-electron chi connectivity index (χ2n) is 7.06. The molecule has 12 heteroatoms. The molecular weight excluding hydrogens is 457 g/mol. The van der Waals surface area contributed by atoms with Gasteiger partial charge >= 0.3 is 5.51 Å². The number of anilines is 3. The molecule has 33 heavy (non-hydrogen) atoms. The normalized spacial score (nSPS) is 13.9. The molecule has 0 atom stereocenters. The molecule has 1 saturated heterocycles. The molecule has 1 fully saturated rings. The van der Waals surface area contributed by atoms with E-state index in [4.69, 9.17) is 4.74 Å². The molecule has 1 aromatic heterocycles. The average Bonchev–Trinajstić information content (AvgIpc) is 2.76. The molecule has 0 aliphatic carbocycles. The van der Waals surface area contributed by atoms with Gasteiger partial charge in [-0.15, -0.1) is 0 Å². The van der Waals surface area contributed by atoms with Crippen molar-refractivity contribution in [1.82, 2.24) is 20.3 Å². The Morgan fingerprint density at radius 2 is 1.91 bits per heavy atom. The highest BCUT2D eigenvalue weighted by molar-refractivity contribution is 8.00. The number of hydrogen-bond acceptors (Lipinski definition) is 8. The van der Waals surface area contributed by atoms with Crippen LogP contribution >= 0.6 is 11.8 Å². The number of carbonyl (C=O) groups excluding carboxylic acids is 1. The van der Waals surface area contributed by atoms with Crippen LogP contribution in [0.4, 0.5) is 30.8 Å². The van der Waals surface area contributed by atoms with Gasteiger partial charge < -0.3 is 20.3 Å². The number of ether oxygens (including phenoxy) is 1. The summed E-state index contributed by atoms with van der Waals surface area (Å²) in [5.41, 5.74) is -3.16. The van der Waals surface area contributed by atoms with E-state index in [1.54, 1.807) is 31.3 Å². The molecule has 0 radical (unpaired) electrons. The van der Waals surface area contributed by atoms with Crippen LogP contribution in [0.3, 0.4) is 0 Å². The van der Waals surface area contributed by atoms with Crippen molar-refractivity contribution in [1.29, 1.82) is 0 Å². The Kier molecular flexibility index (Phi) is 6.54. The summed E-state index contributed by atoms with van der Waals surface area (Å²) in [7, 11) is 1.56. The van der Waals surface area contributed by atoms with Crippen LogP contribution in [0.2, 0.25) is 0 Å². The summed E-state index contributed by atoms with van der Waals surface area (Å²) < 4.78 is 43.1. The number of carbonyl (C=O) groups is 1. The quantitative estimate of drug-likeness (QED) is 0.497. The monoisotopic (exact) mass is 476 g/mol. The van der Waals surface area contributed by atoms with Crippen molar-refractivity contribution in [2.45, 2.75) is 16.5 Å². The Morgan fingerprint density at radius 3 is 2.61 bits per heavy atom. The zero-order valence-corrected chi connectivity index (χ0v) is 18.2. The van der Waals surface area contributed by atoms with Crippen LogP contribution in [0.15, 0.2) is 59.8 Å². The number of amides is 1. The van der Waals surface area contributed by atoms with Gasteiger partial charge in [-0.05, 0) is 54.2 Å². The molecule has 8 nitrogen and oxygen atoms in total. The summed E-state index contributed by atoms with van der Waals surface area (Å²) in [6, 6.07) is 12.7. The third-order valence-electron chi connectivity index (χ3n) is 4.66. The van der Waals surface area contributed by atoms with E-state index in [1.165, 1.54) is 30.6 Å². The van der Waals surface area contributed by atoms with Crippen LogP contribution < -0.4 is 20.3 Å². The van der Waals surface area contributed by atoms with Gasteiger partial charge in [0.05, 0.1) is 13.1 Å². The van der Waals surface area contributed by atoms with Gasteiger partial charge in [0.2, 0.25) is 11.9 Å². The van der Waals surface area contributed by atoms with Crippen LogP contribution in [-0.4, -0.2) is 52.6 Å². The highest BCUT2D eigenvalue weighted by Crippen LogP contribution is 2.37. The zero-order valence-electron chi connectivity index (χ0n) is 17.3. The van der Waals surface area contributed by atoms with Gasteiger partial charge in [-0.3, -0.25) is 4.79 Å². The fourth-order valence-corrected chi connectivity index (χ4v) is 3.64. The predicted molar refractivity (Wildman–Crippen MR) is 118 cm³/mol. The highest BCUT2D eigenvalue weighted by atomic mass is 32.2. The minimum absolute atomic E-state index is 0.108. The van der Waals surface area contributed by atoms with Crippen LogP contribution in [-0.2, 0) is 0 Å². The Bertz CT molecular complexity index is 1120. The minimum Gasteiger partial charge on any atom is -0.487 e. The third kappa shape index (κ3) is 6.04. The van der Waals surface area contributed by atoms with E-state index in [2.05, 4.69) is 25.6 Å². The van der Waals surface area contributed by atoms with E-state index in [0.717, 1.165) is 0 Å². The number of thioether (sulfide) groups is 1. The van der Waals surface area contributed by atoms with E-state index < -0.39 is 5.51 Å². The van der Waals surface area contributed by atoms with Crippen LogP contribution in [0, 0.1) is 0 Å². The number of nitrogens with zero attached hydrogens (tertiary/aromatic N) is 4. The summed E-state index contributed by atoms with van der Waals surface area (Å²) >= 11 is -0.161. The second-order valence-corrected chi connectivity index (χ2v) is 8.20. The summed E-state index contributed by atoms with van der Waals surface area (Å²) in [5.74, 6) is 1.10. The van der Waals surface area contributed by atoms with Gasteiger partial charge in [-0.25, -0.2) is 9.97 Å². The van der Waals surface area contributed by atoms with Gasteiger partial charge in [0, 0.05) is 23.2 Å². The smallest absolute Gasteiger partial charge is 0.446 e. The molecule has 2 N–H and O–H groups in total. The summed E-state index contributed by atoms with van der Waals surface area (Å²) in [4.78, 5) is 26.5. The number of benzene rings is 2. The maximum Gasteiger partial charge on any atom is 0.446 e. The van der Waals surface area contributed by atoms with Gasteiger partial charge in [0.25, 0.3) is 5.91 Å². The number of alkyl halides is 3. The molecular formula is C21H19F3N6O2S. The molecule has 1 aliphatic rings. The molecule has 172 valence electrons. The van der Waals surface area contributed by atoms with E-state index >= 15 is 0 Å². The SMILES string of the molecule is CNC(=O)c1cccc(Nc2ncnc(N3CC(Oc4ccc(SC(F)(F)F)cc4)C3)n2)c1. The molecule has 1 amide bonds. The minimum atomic E-state index is -4.32. The van der Waals surface area contributed by atoms with Crippen LogP contribution in [0.1, 0.15) is 10.4 Å². The molecule has 2 aromatic carbocycles. The Balaban J connectivity index is 1.32. The molecule has 1 aliphatic heterocycles. The summed E-state index contributed by atoms with van der Waals surface area (Å²) in [6.07, 6.45) is 1.25. The van der Waals surface area contributed by atoms with Crippen LogP contribution in [0.5, 0.6) is 5.75 Å². The van der Waals surface area contributed by atoms with E-state index in [0.29, 0.717) is 42.0 Å². The molecule has 0 spiro atoms. The maximum atomic E-state index is 12.4. The van der Waals surface area contributed by atoms with E-state index in [-0.39, 0.29) is 28.7 Å². The highest BCUT2D eigenvalue weighted by Gasteiger charge is 2.31. The lowest BCUT2D eigenvalue weighted by molar-refractivity contribution is -0.0328. The molecule has 4 rings (SSSR count). The average molecular weight is 476 g/mol. The van der Waals surface area contributed by atoms with Gasteiger partial charge in [-0.2, -0.15) is 18.2 Å². The van der Waals surface area contributed by atoms with Gasteiger partial charge in [0.15, 0.2) is 0 Å². The van der Waals surface area contributed by atoms with Crippen molar-refractivity contribution in [3.63, 3.8) is 0 Å². The van der Waals surface area contributed by atoms with Crippen molar-refractivity contribution in [2.24, 2.45) is 0 Å². The predicted octanol–water partition coefficient (Wildman–Crippen LogP) is 3.85. The van der Waals surface area contributed by atoms with Crippen molar-refractivity contribution >= 4 is 35.3 Å². The topological polar surface area (TPSA) is 92.3 Å². The second kappa shape index (κ2) is 9.53. The molecule has 2 heterocycles. The Hall–Kier alpha value is -3.54. The molecule has 0 bridgehead atoms. The molecule has 0 saturated carbocycles. The van der Waals surface area contributed by atoms with Gasteiger partial charge in [0.1, 0.15) is 18.2 Å². The molecule has 0 unspecified atom stereocenters. The standard InChI is InChI=1S/C21H19F3N6O2S/c1-25-18(31)13-3-2-4-14(9-13)28-19-26-12-27-20(29-19)30-10-16(11-30)32-15-5-7-17(8-6-15)33-21(22,23)24/h2-9,12,16H,10-11H2,1H3,(H,25,31)(H,26,27,28,29).